The van der Waals surface area contributed by atoms with Crippen molar-refractivity contribution in [3.8, 4) is 5.75 Å². The Kier molecular flexibility index (Phi) is 3.48. The van der Waals surface area contributed by atoms with Crippen molar-refractivity contribution in [1.29, 1.82) is 0 Å². The highest BCUT2D eigenvalue weighted by Gasteiger charge is 2.23. The minimum Gasteiger partial charge on any atom is -0.495 e. The molecule has 0 spiro atoms. The van der Waals surface area contributed by atoms with Crippen LogP contribution in [0.3, 0.4) is 0 Å². The van der Waals surface area contributed by atoms with Crippen molar-refractivity contribution >= 4 is 28.5 Å². The van der Waals surface area contributed by atoms with Gasteiger partial charge in [0.05, 0.1) is 30.1 Å². The first kappa shape index (κ1) is 13.4. The van der Waals surface area contributed by atoms with Crippen LogP contribution in [0.1, 0.15) is 10.4 Å². The Hall–Kier alpha value is -2.01. The number of aryl methyl sites for hydroxylation is 1. The Balaban J connectivity index is 3.06. The molecule has 1 aromatic heterocycles. The molecule has 2 aromatic rings. The molecule has 0 saturated heterocycles. The van der Waals surface area contributed by atoms with E-state index in [0.717, 1.165) is 0 Å². The fraction of sp³-hybridized carbons (Fsp3) is 0.231. The molecule has 0 amide bonds. The summed E-state index contributed by atoms with van der Waals surface area (Å²) in [6.45, 7) is 0. The molecule has 6 heteroatoms. The molecular formula is C13H12ClNO4. The zero-order valence-corrected chi connectivity index (χ0v) is 11.4. The van der Waals surface area contributed by atoms with Crippen LogP contribution in [0.25, 0.3) is 10.9 Å². The molecule has 0 bridgehead atoms. The van der Waals surface area contributed by atoms with Gasteiger partial charge in [-0.05, 0) is 12.1 Å². The predicted molar refractivity (Wildman–Crippen MR) is 72.1 cm³/mol. The van der Waals surface area contributed by atoms with Crippen molar-refractivity contribution in [2.45, 2.75) is 0 Å². The van der Waals surface area contributed by atoms with E-state index in [0.29, 0.717) is 15.9 Å². The van der Waals surface area contributed by atoms with Gasteiger partial charge in [0.15, 0.2) is 5.56 Å². The van der Waals surface area contributed by atoms with Crippen molar-refractivity contribution in [1.82, 2.24) is 4.57 Å². The molecule has 100 valence electrons. The summed E-state index contributed by atoms with van der Waals surface area (Å²) in [6, 6.07) is 5.12. The predicted octanol–water partition coefficient (Wildman–Crippen LogP) is 1.99. The number of hydrogen-bond donors (Lipinski definition) is 0. The molecule has 0 radical (unpaired) electrons. The highest BCUT2D eigenvalue weighted by Crippen LogP contribution is 2.33. The number of fused-ring (bicyclic) bond motifs is 1. The van der Waals surface area contributed by atoms with Crippen LogP contribution in [0, 0.1) is 0 Å². The number of hydrogen-bond acceptors (Lipinski definition) is 4. The van der Waals surface area contributed by atoms with Gasteiger partial charge in [-0.2, -0.15) is 0 Å². The summed E-state index contributed by atoms with van der Waals surface area (Å²) in [6.07, 6.45) is 0. The van der Waals surface area contributed by atoms with E-state index in [1.165, 1.54) is 18.8 Å². The number of rotatable bonds is 2. The molecule has 0 aliphatic heterocycles. The number of nitrogens with zero attached hydrogens (tertiary/aromatic N) is 1. The third-order valence-corrected chi connectivity index (χ3v) is 3.23. The van der Waals surface area contributed by atoms with Crippen molar-refractivity contribution < 1.29 is 14.3 Å². The van der Waals surface area contributed by atoms with E-state index in [1.807, 2.05) is 0 Å². The monoisotopic (exact) mass is 281 g/mol. The molecule has 1 aromatic carbocycles. The van der Waals surface area contributed by atoms with Crippen LogP contribution < -0.4 is 10.3 Å². The number of ether oxygens (including phenoxy) is 2. The number of esters is 1. The molecule has 0 atom stereocenters. The van der Waals surface area contributed by atoms with E-state index in [9.17, 15) is 9.59 Å². The molecule has 0 aliphatic rings. The lowest BCUT2D eigenvalue weighted by molar-refractivity contribution is 0.0594. The number of halogens is 1. The van der Waals surface area contributed by atoms with Crippen molar-refractivity contribution in [2.24, 2.45) is 7.05 Å². The zero-order chi connectivity index (χ0) is 14.2. The first-order valence-electron chi connectivity index (χ1n) is 5.46. The van der Waals surface area contributed by atoms with Crippen molar-refractivity contribution in [3.63, 3.8) is 0 Å². The van der Waals surface area contributed by atoms with Gasteiger partial charge in [-0.25, -0.2) is 4.79 Å². The van der Waals surface area contributed by atoms with Crippen molar-refractivity contribution in [3.05, 3.63) is 39.1 Å². The minimum atomic E-state index is -0.751. The molecule has 0 unspecified atom stereocenters. The number of carbonyl (C=O) groups is 1. The fourth-order valence-electron chi connectivity index (χ4n) is 2.00. The topological polar surface area (TPSA) is 57.5 Å². The molecule has 2 rings (SSSR count). The van der Waals surface area contributed by atoms with Gasteiger partial charge >= 0.3 is 5.97 Å². The maximum absolute atomic E-state index is 12.2. The van der Waals surface area contributed by atoms with Crippen LogP contribution in [0.4, 0.5) is 0 Å². The second kappa shape index (κ2) is 4.93. The molecule has 5 nitrogen and oxygen atoms in total. The van der Waals surface area contributed by atoms with Crippen LogP contribution in [-0.2, 0) is 11.8 Å². The summed E-state index contributed by atoms with van der Waals surface area (Å²) in [7, 11) is 4.15. The van der Waals surface area contributed by atoms with Gasteiger partial charge in [0, 0.05) is 7.05 Å². The molecular weight excluding hydrogens is 270 g/mol. The first-order chi connectivity index (χ1) is 9.02. The average Bonchev–Trinajstić information content (AvgIpc) is 2.42. The van der Waals surface area contributed by atoms with Crippen LogP contribution in [-0.4, -0.2) is 24.8 Å². The maximum atomic E-state index is 12.2. The van der Waals surface area contributed by atoms with E-state index in [4.69, 9.17) is 16.3 Å². The van der Waals surface area contributed by atoms with E-state index in [-0.39, 0.29) is 11.3 Å². The van der Waals surface area contributed by atoms with E-state index in [1.54, 1.807) is 25.2 Å². The molecule has 1 heterocycles. The summed E-state index contributed by atoms with van der Waals surface area (Å²) in [4.78, 5) is 24.0. The standard InChI is InChI=1S/C13H12ClNO4/c1-15-8-6-4-5-7(14)9(8)11(18-2)10(12(15)16)13(17)19-3/h4-6H,1-3H3. The highest BCUT2D eigenvalue weighted by molar-refractivity contribution is 6.36. The Morgan fingerprint density at radius 1 is 1.32 bits per heavy atom. The van der Waals surface area contributed by atoms with Crippen LogP contribution in [0.2, 0.25) is 5.02 Å². The van der Waals surface area contributed by atoms with Gasteiger partial charge in [0.1, 0.15) is 5.75 Å². The molecule has 19 heavy (non-hydrogen) atoms. The Morgan fingerprint density at radius 3 is 2.58 bits per heavy atom. The van der Waals surface area contributed by atoms with Gasteiger partial charge < -0.3 is 14.0 Å². The lowest BCUT2D eigenvalue weighted by Gasteiger charge is -2.14. The van der Waals surface area contributed by atoms with Crippen LogP contribution in [0.15, 0.2) is 23.0 Å². The van der Waals surface area contributed by atoms with Gasteiger partial charge in [-0.3, -0.25) is 4.79 Å². The molecule has 0 saturated carbocycles. The minimum absolute atomic E-state index is 0.135. The van der Waals surface area contributed by atoms with Crippen molar-refractivity contribution in [2.75, 3.05) is 14.2 Å². The van der Waals surface area contributed by atoms with E-state index < -0.39 is 11.5 Å². The molecule has 0 N–H and O–H groups in total. The zero-order valence-electron chi connectivity index (χ0n) is 10.7. The number of carbonyl (C=O) groups excluding carboxylic acids is 1. The lowest BCUT2D eigenvalue weighted by atomic mass is 10.1. The average molecular weight is 282 g/mol. The highest BCUT2D eigenvalue weighted by atomic mass is 35.5. The second-order valence-electron chi connectivity index (χ2n) is 3.90. The second-order valence-corrected chi connectivity index (χ2v) is 4.31. The maximum Gasteiger partial charge on any atom is 0.347 e. The molecule has 0 fully saturated rings. The largest absolute Gasteiger partial charge is 0.495 e. The van der Waals surface area contributed by atoms with Gasteiger partial charge in [-0.1, -0.05) is 17.7 Å². The third-order valence-electron chi connectivity index (χ3n) is 2.92. The number of methoxy groups -OCH3 is 2. The summed E-state index contributed by atoms with van der Waals surface area (Å²) < 4.78 is 11.2. The van der Waals surface area contributed by atoms with Gasteiger partial charge in [-0.15, -0.1) is 0 Å². The lowest BCUT2D eigenvalue weighted by Crippen LogP contribution is -2.26. The Bertz CT molecular complexity index is 721. The summed E-state index contributed by atoms with van der Waals surface area (Å²) >= 11 is 6.14. The SMILES string of the molecule is COC(=O)c1c(OC)c2c(Cl)cccc2n(C)c1=O. The number of benzene rings is 1. The van der Waals surface area contributed by atoms with E-state index >= 15 is 0 Å². The summed E-state index contributed by atoms with van der Waals surface area (Å²) in [5, 5.41) is 0.907. The van der Waals surface area contributed by atoms with E-state index in [2.05, 4.69) is 4.74 Å². The van der Waals surface area contributed by atoms with Gasteiger partial charge in [0.2, 0.25) is 0 Å². The Morgan fingerprint density at radius 2 is 2.00 bits per heavy atom. The number of aromatic nitrogens is 1. The normalized spacial score (nSPS) is 10.5. The summed E-state index contributed by atoms with van der Waals surface area (Å²) in [5.74, 6) is -0.616. The Labute approximate surface area is 114 Å². The fourth-order valence-corrected chi connectivity index (χ4v) is 2.26. The smallest absolute Gasteiger partial charge is 0.347 e. The van der Waals surface area contributed by atoms with Crippen LogP contribution >= 0.6 is 11.6 Å². The quantitative estimate of drug-likeness (QED) is 0.790. The molecule has 0 aliphatic carbocycles. The third kappa shape index (κ3) is 1.96. The first-order valence-corrected chi connectivity index (χ1v) is 5.84. The number of pyridine rings is 1. The van der Waals surface area contributed by atoms with Gasteiger partial charge in [0.25, 0.3) is 5.56 Å². The summed E-state index contributed by atoms with van der Waals surface area (Å²) in [5.41, 5.74) is -0.0615. The van der Waals surface area contributed by atoms with Crippen LogP contribution in [0.5, 0.6) is 5.75 Å².